The highest BCUT2D eigenvalue weighted by molar-refractivity contribution is 5.95. The molecule has 1 saturated heterocycles. The number of nitrogens with zero attached hydrogens (tertiary/aromatic N) is 4. The molecule has 0 bridgehead atoms. The van der Waals surface area contributed by atoms with Crippen LogP contribution in [0.3, 0.4) is 0 Å². The molecule has 1 aliphatic heterocycles. The lowest BCUT2D eigenvalue weighted by Gasteiger charge is -2.32. The zero-order valence-electron chi connectivity index (χ0n) is 16.3. The molecule has 2 heterocycles. The zero-order chi connectivity index (χ0) is 21.5. The van der Waals surface area contributed by atoms with Crippen molar-refractivity contribution >= 4 is 11.9 Å². The lowest BCUT2D eigenvalue weighted by Crippen LogP contribution is -2.46. The molecule has 0 N–H and O–H groups in total. The van der Waals surface area contributed by atoms with Crippen LogP contribution >= 0.6 is 0 Å². The number of carbonyl (C=O) groups is 2. The molecule has 2 fully saturated rings. The molecule has 1 saturated carbocycles. The van der Waals surface area contributed by atoms with Gasteiger partial charge in [-0.25, -0.2) is 9.48 Å². The maximum Gasteiger partial charge on any atom is 0.418 e. The second-order valence-electron chi connectivity index (χ2n) is 7.66. The fourth-order valence-corrected chi connectivity index (χ4v) is 4.62. The van der Waals surface area contributed by atoms with Crippen LogP contribution < -0.4 is 0 Å². The molecule has 30 heavy (non-hydrogen) atoms. The topological polar surface area (TPSA) is 77.3 Å². The van der Waals surface area contributed by atoms with E-state index in [0.29, 0.717) is 6.42 Å². The number of amides is 1. The minimum atomic E-state index is -4.58. The first-order chi connectivity index (χ1) is 14.3. The predicted molar refractivity (Wildman–Crippen MR) is 98.7 cm³/mol. The first-order valence-electron chi connectivity index (χ1n) is 9.80. The molecule has 160 valence electrons. The molecule has 1 aliphatic carbocycles. The molecule has 1 aromatic carbocycles. The fourth-order valence-electron chi connectivity index (χ4n) is 4.62. The molecule has 2 aliphatic rings. The van der Waals surface area contributed by atoms with Gasteiger partial charge in [-0.1, -0.05) is 30.2 Å². The van der Waals surface area contributed by atoms with Crippen molar-refractivity contribution < 1.29 is 27.5 Å². The van der Waals surface area contributed by atoms with Gasteiger partial charge in [-0.3, -0.25) is 4.79 Å². The summed E-state index contributed by atoms with van der Waals surface area (Å²) in [5.41, 5.74) is -1.21. The number of hydrogen-bond acceptors (Lipinski definition) is 5. The molecule has 7 nitrogen and oxygen atoms in total. The van der Waals surface area contributed by atoms with E-state index in [1.54, 1.807) is 0 Å². The van der Waals surface area contributed by atoms with Crippen LogP contribution in [0.2, 0.25) is 0 Å². The maximum absolute atomic E-state index is 13.3. The molecular formula is C20H21F3N4O3. The average Bonchev–Trinajstić information content (AvgIpc) is 3.37. The van der Waals surface area contributed by atoms with Crippen molar-refractivity contribution in [2.24, 2.45) is 5.92 Å². The Labute approximate surface area is 170 Å². The summed E-state index contributed by atoms with van der Waals surface area (Å²) in [6.07, 6.45) is 0.813. The summed E-state index contributed by atoms with van der Waals surface area (Å²) in [7, 11) is 1.28. The van der Waals surface area contributed by atoms with Crippen molar-refractivity contribution in [2.75, 3.05) is 7.11 Å². The number of ether oxygens (including phenoxy) is 1. The van der Waals surface area contributed by atoms with E-state index in [2.05, 4.69) is 10.3 Å². The van der Waals surface area contributed by atoms with Crippen molar-refractivity contribution in [3.8, 4) is 5.69 Å². The fraction of sp³-hybridized carbons (Fsp3) is 0.500. The van der Waals surface area contributed by atoms with Gasteiger partial charge in [0.05, 0.1) is 24.6 Å². The highest BCUT2D eigenvalue weighted by Gasteiger charge is 2.48. The van der Waals surface area contributed by atoms with E-state index in [1.165, 1.54) is 36.4 Å². The van der Waals surface area contributed by atoms with Gasteiger partial charge in [0.2, 0.25) is 0 Å². The van der Waals surface area contributed by atoms with Crippen molar-refractivity contribution in [3.05, 3.63) is 41.7 Å². The number of carbonyl (C=O) groups excluding carboxylic acids is 2. The third-order valence-corrected chi connectivity index (χ3v) is 5.96. The van der Waals surface area contributed by atoms with Crippen LogP contribution in [0.4, 0.5) is 13.2 Å². The summed E-state index contributed by atoms with van der Waals surface area (Å²) in [5.74, 6) is -0.809. The minimum absolute atomic E-state index is 0.105. The van der Waals surface area contributed by atoms with Gasteiger partial charge < -0.3 is 9.64 Å². The van der Waals surface area contributed by atoms with Crippen LogP contribution in [0.15, 0.2) is 30.5 Å². The normalized spacial score (nSPS) is 23.9. The molecular weight excluding hydrogens is 401 g/mol. The van der Waals surface area contributed by atoms with Crippen molar-refractivity contribution in [2.45, 2.75) is 50.4 Å². The smallest absolute Gasteiger partial charge is 0.418 e. The van der Waals surface area contributed by atoms with E-state index in [-0.39, 0.29) is 23.3 Å². The summed E-state index contributed by atoms with van der Waals surface area (Å²) in [6.45, 7) is 0. The van der Waals surface area contributed by atoms with Crippen molar-refractivity contribution in [3.63, 3.8) is 0 Å². The average molecular weight is 422 g/mol. The molecule has 0 spiro atoms. The second kappa shape index (κ2) is 7.73. The Hall–Kier alpha value is -2.91. The first kappa shape index (κ1) is 20.4. The molecule has 1 amide bonds. The van der Waals surface area contributed by atoms with Gasteiger partial charge in [-0.15, -0.1) is 5.10 Å². The Morgan fingerprint density at radius 2 is 1.90 bits per heavy atom. The van der Waals surface area contributed by atoms with Crippen LogP contribution in [0.25, 0.3) is 5.69 Å². The number of likely N-dealkylation sites (tertiary alicyclic amines) is 1. The Kier molecular flexibility index (Phi) is 5.25. The highest BCUT2D eigenvalue weighted by atomic mass is 19.4. The summed E-state index contributed by atoms with van der Waals surface area (Å²) in [5, 5.41) is 7.57. The number of aromatic nitrogens is 3. The van der Waals surface area contributed by atoms with Crippen LogP contribution in [0.5, 0.6) is 0 Å². The monoisotopic (exact) mass is 422 g/mol. The van der Waals surface area contributed by atoms with Crippen LogP contribution in [-0.2, 0) is 15.7 Å². The summed E-state index contributed by atoms with van der Waals surface area (Å²) in [6, 6.07) is 4.11. The number of para-hydroxylation sites is 1. The molecule has 0 radical (unpaired) electrons. The molecule has 3 atom stereocenters. The highest BCUT2D eigenvalue weighted by Crippen LogP contribution is 2.41. The molecule has 3 unspecified atom stereocenters. The number of rotatable bonds is 3. The van der Waals surface area contributed by atoms with Crippen molar-refractivity contribution in [1.82, 2.24) is 19.9 Å². The Balaban J connectivity index is 1.66. The lowest BCUT2D eigenvalue weighted by atomic mass is 9.84. The molecule has 1 aromatic heterocycles. The van der Waals surface area contributed by atoms with Gasteiger partial charge in [0.25, 0.3) is 5.91 Å². The summed E-state index contributed by atoms with van der Waals surface area (Å²) >= 11 is 0. The van der Waals surface area contributed by atoms with Gasteiger partial charge in [0, 0.05) is 6.04 Å². The van der Waals surface area contributed by atoms with Crippen LogP contribution in [0, 0.1) is 5.92 Å². The van der Waals surface area contributed by atoms with Crippen LogP contribution in [0.1, 0.15) is 48.2 Å². The zero-order valence-corrected chi connectivity index (χ0v) is 16.3. The van der Waals surface area contributed by atoms with Crippen LogP contribution in [-0.4, -0.2) is 51.0 Å². The molecule has 4 rings (SSSR count). The van der Waals surface area contributed by atoms with Gasteiger partial charge in [-0.2, -0.15) is 13.2 Å². The molecule has 2 aromatic rings. The number of esters is 1. The number of halogens is 3. The SMILES string of the molecule is COC(=O)C1CC2CCCCC2N1C(=O)c1cn(-c2ccccc2C(F)(F)F)nn1. The van der Waals surface area contributed by atoms with Gasteiger partial charge >= 0.3 is 12.1 Å². The standard InChI is InChI=1S/C20H21F3N4O3/c1-30-19(29)17-10-12-6-2-4-8-15(12)27(17)18(28)14-11-26(25-24-14)16-9-5-3-7-13(16)20(21,22)23/h3,5,7,9,11-12,15,17H,2,4,6,8,10H2,1H3. The number of methoxy groups -OCH3 is 1. The summed E-state index contributed by atoms with van der Waals surface area (Å²) < 4.78 is 45.8. The largest absolute Gasteiger partial charge is 0.467 e. The van der Waals surface area contributed by atoms with E-state index in [4.69, 9.17) is 4.74 Å². The molecule has 10 heteroatoms. The van der Waals surface area contributed by atoms with Crippen molar-refractivity contribution in [1.29, 1.82) is 0 Å². The van der Waals surface area contributed by atoms with Gasteiger partial charge in [-0.05, 0) is 37.3 Å². The van der Waals surface area contributed by atoms with E-state index >= 15 is 0 Å². The number of benzene rings is 1. The third-order valence-electron chi connectivity index (χ3n) is 5.96. The van der Waals surface area contributed by atoms with Gasteiger partial charge in [0.15, 0.2) is 5.69 Å². The lowest BCUT2D eigenvalue weighted by molar-refractivity contribution is -0.145. The second-order valence-corrected chi connectivity index (χ2v) is 7.66. The van der Waals surface area contributed by atoms with E-state index in [9.17, 15) is 22.8 Å². The first-order valence-corrected chi connectivity index (χ1v) is 9.80. The number of fused-ring (bicyclic) bond motifs is 1. The summed E-state index contributed by atoms with van der Waals surface area (Å²) in [4.78, 5) is 27.0. The number of alkyl halides is 3. The van der Waals surface area contributed by atoms with Gasteiger partial charge in [0.1, 0.15) is 6.04 Å². The Morgan fingerprint density at radius 3 is 2.63 bits per heavy atom. The minimum Gasteiger partial charge on any atom is -0.467 e. The quantitative estimate of drug-likeness (QED) is 0.710. The third kappa shape index (κ3) is 3.54. The Morgan fingerprint density at radius 1 is 1.17 bits per heavy atom. The van der Waals surface area contributed by atoms with E-state index in [0.717, 1.165) is 36.4 Å². The number of hydrogen-bond donors (Lipinski definition) is 0. The van der Waals surface area contributed by atoms with E-state index < -0.39 is 29.7 Å². The maximum atomic E-state index is 13.3. The van der Waals surface area contributed by atoms with E-state index in [1.807, 2.05) is 0 Å². The predicted octanol–water partition coefficient (Wildman–Crippen LogP) is 3.23. The Bertz CT molecular complexity index is 959.